The standard InChI is InChI=1S/C19H19FN4O2/c20-15-6-8-16(9-7-15)26-14-2-1-10-22-19(25)17-5-3-11-21-18(17)24-13-4-12-23-24/h3-9,11-13H,1-2,10,14H2,(H,22,25). The molecule has 0 spiro atoms. The average Bonchev–Trinajstić information content (AvgIpc) is 3.20. The number of carbonyl (C=O) groups excluding carboxylic acids is 1. The van der Waals surface area contributed by atoms with Crippen molar-refractivity contribution in [1.29, 1.82) is 0 Å². The van der Waals surface area contributed by atoms with Crippen LogP contribution in [0.25, 0.3) is 5.82 Å². The monoisotopic (exact) mass is 354 g/mol. The summed E-state index contributed by atoms with van der Waals surface area (Å²) in [5.41, 5.74) is 0.471. The van der Waals surface area contributed by atoms with Gasteiger partial charge in [-0.3, -0.25) is 4.79 Å². The molecule has 0 aliphatic rings. The lowest BCUT2D eigenvalue weighted by molar-refractivity contribution is 0.0952. The summed E-state index contributed by atoms with van der Waals surface area (Å²) < 4.78 is 19.9. The first-order valence-electron chi connectivity index (χ1n) is 8.35. The van der Waals surface area contributed by atoms with E-state index in [9.17, 15) is 9.18 Å². The number of nitrogens with zero attached hydrogens (tertiary/aromatic N) is 3. The van der Waals surface area contributed by atoms with Gasteiger partial charge in [0.15, 0.2) is 5.82 Å². The second-order valence-electron chi connectivity index (χ2n) is 5.59. The Morgan fingerprint density at radius 2 is 1.96 bits per heavy atom. The molecule has 0 radical (unpaired) electrons. The molecule has 0 fully saturated rings. The van der Waals surface area contributed by atoms with Crippen LogP contribution < -0.4 is 10.1 Å². The lowest BCUT2D eigenvalue weighted by atomic mass is 10.2. The zero-order chi connectivity index (χ0) is 18.2. The van der Waals surface area contributed by atoms with E-state index in [-0.39, 0.29) is 11.7 Å². The highest BCUT2D eigenvalue weighted by atomic mass is 19.1. The van der Waals surface area contributed by atoms with Gasteiger partial charge in [-0.1, -0.05) is 0 Å². The Balaban J connectivity index is 1.43. The average molecular weight is 354 g/mol. The maximum absolute atomic E-state index is 12.8. The predicted octanol–water partition coefficient (Wildman–Crippen LogP) is 3.00. The van der Waals surface area contributed by atoms with E-state index in [0.29, 0.717) is 30.3 Å². The number of hydrogen-bond donors (Lipinski definition) is 1. The number of ether oxygens (including phenoxy) is 1. The van der Waals surface area contributed by atoms with Crippen molar-refractivity contribution in [3.8, 4) is 11.6 Å². The molecule has 26 heavy (non-hydrogen) atoms. The SMILES string of the molecule is O=C(NCCCCOc1ccc(F)cc1)c1cccnc1-n1cccn1. The highest BCUT2D eigenvalue weighted by molar-refractivity contribution is 5.97. The fourth-order valence-electron chi connectivity index (χ4n) is 2.40. The highest BCUT2D eigenvalue weighted by Gasteiger charge is 2.13. The van der Waals surface area contributed by atoms with Gasteiger partial charge < -0.3 is 10.1 Å². The van der Waals surface area contributed by atoms with Crippen molar-refractivity contribution in [3.05, 3.63) is 72.4 Å². The van der Waals surface area contributed by atoms with Crippen LogP contribution in [0.4, 0.5) is 4.39 Å². The normalized spacial score (nSPS) is 10.5. The molecule has 0 unspecified atom stereocenters. The van der Waals surface area contributed by atoms with Gasteiger partial charge in [-0.2, -0.15) is 5.10 Å². The van der Waals surface area contributed by atoms with Gasteiger partial charge in [-0.25, -0.2) is 14.1 Å². The van der Waals surface area contributed by atoms with E-state index in [0.717, 1.165) is 12.8 Å². The molecule has 7 heteroatoms. The molecule has 0 aliphatic carbocycles. The van der Waals surface area contributed by atoms with Crippen LogP contribution in [-0.2, 0) is 0 Å². The fourth-order valence-corrected chi connectivity index (χ4v) is 2.40. The fraction of sp³-hybridized carbons (Fsp3) is 0.211. The Bertz CT molecular complexity index is 835. The second-order valence-corrected chi connectivity index (χ2v) is 5.59. The number of benzene rings is 1. The van der Waals surface area contributed by atoms with Gasteiger partial charge in [0.25, 0.3) is 5.91 Å². The molecule has 3 aromatic rings. The smallest absolute Gasteiger partial charge is 0.255 e. The molecule has 0 bridgehead atoms. The quantitative estimate of drug-likeness (QED) is 0.632. The molecule has 6 nitrogen and oxygen atoms in total. The topological polar surface area (TPSA) is 69.0 Å². The van der Waals surface area contributed by atoms with Crippen LogP contribution in [0.1, 0.15) is 23.2 Å². The van der Waals surface area contributed by atoms with Crippen molar-refractivity contribution in [3.63, 3.8) is 0 Å². The molecular formula is C19H19FN4O2. The van der Waals surface area contributed by atoms with Crippen LogP contribution in [0.5, 0.6) is 5.75 Å². The molecule has 2 aromatic heterocycles. The summed E-state index contributed by atoms with van der Waals surface area (Å²) in [5.74, 6) is 0.650. The zero-order valence-electron chi connectivity index (χ0n) is 14.1. The molecule has 1 amide bonds. The van der Waals surface area contributed by atoms with Crippen molar-refractivity contribution in [2.24, 2.45) is 0 Å². The number of pyridine rings is 1. The number of rotatable bonds is 8. The summed E-state index contributed by atoms with van der Waals surface area (Å²) in [7, 11) is 0. The first-order chi connectivity index (χ1) is 12.7. The van der Waals surface area contributed by atoms with Crippen LogP contribution in [-0.4, -0.2) is 33.8 Å². The van der Waals surface area contributed by atoms with Crippen LogP contribution in [0.2, 0.25) is 0 Å². The summed E-state index contributed by atoms with van der Waals surface area (Å²) in [6.07, 6.45) is 6.55. The van der Waals surface area contributed by atoms with Gasteiger partial charge in [-0.15, -0.1) is 0 Å². The number of amides is 1. The molecule has 1 N–H and O–H groups in total. The Hall–Kier alpha value is -3.22. The number of nitrogens with one attached hydrogen (secondary N) is 1. The molecule has 0 atom stereocenters. The Morgan fingerprint density at radius 3 is 2.73 bits per heavy atom. The van der Waals surface area contributed by atoms with Gasteiger partial charge in [0.05, 0.1) is 12.2 Å². The summed E-state index contributed by atoms with van der Waals surface area (Å²) in [4.78, 5) is 16.6. The summed E-state index contributed by atoms with van der Waals surface area (Å²) in [6, 6.07) is 11.1. The highest BCUT2D eigenvalue weighted by Crippen LogP contribution is 2.12. The Kier molecular flexibility index (Phi) is 5.92. The maximum atomic E-state index is 12.8. The summed E-state index contributed by atoms with van der Waals surface area (Å²) in [5, 5.41) is 7.00. The van der Waals surface area contributed by atoms with Crippen LogP contribution in [0.3, 0.4) is 0 Å². The molecule has 2 heterocycles. The zero-order valence-corrected chi connectivity index (χ0v) is 14.1. The number of unbranched alkanes of at least 4 members (excludes halogenated alkanes) is 1. The van der Waals surface area contributed by atoms with E-state index in [1.165, 1.54) is 12.1 Å². The van der Waals surface area contributed by atoms with E-state index in [1.807, 2.05) is 0 Å². The van der Waals surface area contributed by atoms with Crippen LogP contribution in [0.15, 0.2) is 61.1 Å². The lowest BCUT2D eigenvalue weighted by Crippen LogP contribution is -2.26. The van der Waals surface area contributed by atoms with E-state index in [2.05, 4.69) is 15.4 Å². The summed E-state index contributed by atoms with van der Waals surface area (Å²) >= 11 is 0. The number of aromatic nitrogens is 3. The van der Waals surface area contributed by atoms with Crippen LogP contribution >= 0.6 is 0 Å². The number of hydrogen-bond acceptors (Lipinski definition) is 4. The first-order valence-corrected chi connectivity index (χ1v) is 8.35. The van der Waals surface area contributed by atoms with E-state index in [4.69, 9.17) is 4.74 Å². The molecule has 134 valence electrons. The Labute approximate surface area is 150 Å². The van der Waals surface area contributed by atoms with Gasteiger partial charge >= 0.3 is 0 Å². The maximum Gasteiger partial charge on any atom is 0.255 e. The molecule has 0 aliphatic heterocycles. The number of carbonyl (C=O) groups is 1. The van der Waals surface area contributed by atoms with Crippen molar-refractivity contribution in [1.82, 2.24) is 20.1 Å². The van der Waals surface area contributed by atoms with Gasteiger partial charge in [0.1, 0.15) is 11.6 Å². The molecule has 3 rings (SSSR count). The first kappa shape index (κ1) is 17.6. The third-order valence-corrected chi connectivity index (χ3v) is 3.69. The van der Waals surface area contributed by atoms with E-state index >= 15 is 0 Å². The minimum Gasteiger partial charge on any atom is -0.494 e. The summed E-state index contributed by atoms with van der Waals surface area (Å²) in [6.45, 7) is 1.03. The molecule has 0 saturated carbocycles. The number of halogens is 1. The van der Waals surface area contributed by atoms with Crippen molar-refractivity contribution in [2.75, 3.05) is 13.2 Å². The largest absolute Gasteiger partial charge is 0.494 e. The minimum atomic E-state index is -0.287. The van der Waals surface area contributed by atoms with Gasteiger partial charge in [0.2, 0.25) is 0 Å². The molecule has 0 saturated heterocycles. The minimum absolute atomic E-state index is 0.192. The third kappa shape index (κ3) is 4.66. The van der Waals surface area contributed by atoms with E-state index in [1.54, 1.807) is 53.6 Å². The van der Waals surface area contributed by atoms with Gasteiger partial charge in [-0.05, 0) is 55.3 Å². The Morgan fingerprint density at radius 1 is 1.12 bits per heavy atom. The van der Waals surface area contributed by atoms with Crippen molar-refractivity contribution >= 4 is 5.91 Å². The van der Waals surface area contributed by atoms with E-state index < -0.39 is 0 Å². The predicted molar refractivity (Wildman–Crippen MR) is 94.8 cm³/mol. The van der Waals surface area contributed by atoms with Crippen molar-refractivity contribution in [2.45, 2.75) is 12.8 Å². The van der Waals surface area contributed by atoms with Gasteiger partial charge in [0, 0.05) is 25.1 Å². The lowest BCUT2D eigenvalue weighted by Gasteiger charge is -2.09. The molecular weight excluding hydrogens is 335 g/mol. The third-order valence-electron chi connectivity index (χ3n) is 3.69. The molecule has 1 aromatic carbocycles. The van der Waals surface area contributed by atoms with Crippen LogP contribution in [0, 0.1) is 5.82 Å². The van der Waals surface area contributed by atoms with Crippen molar-refractivity contribution < 1.29 is 13.9 Å². The second kappa shape index (κ2) is 8.75.